The van der Waals surface area contributed by atoms with Gasteiger partial charge in [0.15, 0.2) is 0 Å². The Morgan fingerprint density at radius 2 is 2.21 bits per heavy atom. The summed E-state index contributed by atoms with van der Waals surface area (Å²) in [5.41, 5.74) is -0.512. The SMILES string of the molecule is CC(C)(C)OC(=O)[C@]12CNCC[C@H]1C2. The lowest BCUT2D eigenvalue weighted by atomic mass is 9.98. The lowest BCUT2D eigenvalue weighted by Crippen LogP contribution is -2.40. The van der Waals surface area contributed by atoms with Crippen molar-refractivity contribution >= 4 is 5.97 Å². The number of hydrogen-bond donors (Lipinski definition) is 1. The zero-order chi connectivity index (χ0) is 10.4. The van der Waals surface area contributed by atoms with Crippen LogP contribution in [0.3, 0.4) is 0 Å². The Balaban J connectivity index is 1.99. The van der Waals surface area contributed by atoms with Crippen LogP contribution in [0.15, 0.2) is 0 Å². The zero-order valence-corrected chi connectivity index (χ0v) is 9.22. The lowest BCUT2D eigenvalue weighted by molar-refractivity contribution is -0.162. The van der Waals surface area contributed by atoms with E-state index in [0.29, 0.717) is 5.92 Å². The molecule has 14 heavy (non-hydrogen) atoms. The first-order valence-electron chi connectivity index (χ1n) is 5.38. The summed E-state index contributed by atoms with van der Waals surface area (Å²) in [6.45, 7) is 7.64. The lowest BCUT2D eigenvalue weighted by Gasteiger charge is -2.26. The van der Waals surface area contributed by atoms with Gasteiger partial charge in [-0.25, -0.2) is 0 Å². The molecule has 0 aromatic carbocycles. The van der Waals surface area contributed by atoms with Crippen LogP contribution >= 0.6 is 0 Å². The highest BCUT2D eigenvalue weighted by Crippen LogP contribution is 2.56. The predicted octanol–water partition coefficient (Wildman–Crippen LogP) is 1.33. The van der Waals surface area contributed by atoms with Crippen LogP contribution in [0.2, 0.25) is 0 Å². The van der Waals surface area contributed by atoms with Crippen molar-refractivity contribution in [1.82, 2.24) is 5.32 Å². The molecule has 0 aromatic rings. The molecule has 0 spiro atoms. The molecule has 0 unspecified atom stereocenters. The zero-order valence-electron chi connectivity index (χ0n) is 9.22. The molecule has 1 saturated heterocycles. The number of piperidine rings is 1. The molecule has 1 heterocycles. The molecule has 0 radical (unpaired) electrons. The Morgan fingerprint density at radius 3 is 2.79 bits per heavy atom. The van der Waals surface area contributed by atoms with E-state index in [1.54, 1.807) is 0 Å². The van der Waals surface area contributed by atoms with Crippen LogP contribution in [0.25, 0.3) is 0 Å². The van der Waals surface area contributed by atoms with Gasteiger partial charge >= 0.3 is 5.97 Å². The number of carbonyl (C=O) groups excluding carboxylic acids is 1. The maximum atomic E-state index is 11.9. The molecule has 1 aliphatic heterocycles. The molecular weight excluding hydrogens is 178 g/mol. The van der Waals surface area contributed by atoms with Crippen molar-refractivity contribution in [3.63, 3.8) is 0 Å². The van der Waals surface area contributed by atoms with Crippen LogP contribution in [0.5, 0.6) is 0 Å². The molecule has 2 rings (SSSR count). The molecule has 0 bridgehead atoms. The van der Waals surface area contributed by atoms with Gasteiger partial charge in [0.2, 0.25) is 0 Å². The van der Waals surface area contributed by atoms with Crippen LogP contribution in [0.1, 0.15) is 33.6 Å². The maximum absolute atomic E-state index is 11.9. The van der Waals surface area contributed by atoms with Crippen LogP contribution < -0.4 is 5.32 Å². The van der Waals surface area contributed by atoms with Crippen LogP contribution in [-0.4, -0.2) is 24.7 Å². The molecule has 1 aliphatic carbocycles. The van der Waals surface area contributed by atoms with Crippen molar-refractivity contribution in [2.45, 2.75) is 39.2 Å². The first-order valence-corrected chi connectivity index (χ1v) is 5.38. The minimum Gasteiger partial charge on any atom is -0.459 e. The average Bonchev–Trinajstić information content (AvgIpc) is 2.75. The Kier molecular flexibility index (Phi) is 2.11. The molecular formula is C11H19NO2. The molecule has 3 heteroatoms. The molecule has 1 N–H and O–H groups in total. The normalized spacial score (nSPS) is 36.1. The second-order valence-corrected chi connectivity index (χ2v) is 5.52. The van der Waals surface area contributed by atoms with Gasteiger partial charge in [0, 0.05) is 6.54 Å². The fourth-order valence-corrected chi connectivity index (χ4v) is 2.27. The number of esters is 1. The Hall–Kier alpha value is -0.570. The fourth-order valence-electron chi connectivity index (χ4n) is 2.27. The van der Waals surface area contributed by atoms with Gasteiger partial charge in [-0.15, -0.1) is 0 Å². The summed E-state index contributed by atoms with van der Waals surface area (Å²) in [6, 6.07) is 0. The monoisotopic (exact) mass is 197 g/mol. The van der Waals surface area contributed by atoms with Gasteiger partial charge in [-0.1, -0.05) is 0 Å². The average molecular weight is 197 g/mol. The van der Waals surface area contributed by atoms with Crippen LogP contribution in [-0.2, 0) is 9.53 Å². The molecule has 0 amide bonds. The summed E-state index contributed by atoms with van der Waals surface area (Å²) in [6.07, 6.45) is 2.15. The van der Waals surface area contributed by atoms with E-state index in [1.807, 2.05) is 20.8 Å². The van der Waals surface area contributed by atoms with Crippen molar-refractivity contribution in [3.8, 4) is 0 Å². The molecule has 2 atom stereocenters. The fraction of sp³-hybridized carbons (Fsp3) is 0.909. The largest absolute Gasteiger partial charge is 0.459 e. The number of rotatable bonds is 1. The molecule has 1 saturated carbocycles. The molecule has 2 aliphatic rings. The highest BCUT2D eigenvalue weighted by Gasteiger charge is 2.62. The maximum Gasteiger partial charge on any atom is 0.314 e. The van der Waals surface area contributed by atoms with Gasteiger partial charge in [0.25, 0.3) is 0 Å². The van der Waals surface area contributed by atoms with E-state index in [4.69, 9.17) is 4.74 Å². The van der Waals surface area contributed by atoms with E-state index in [-0.39, 0.29) is 17.0 Å². The smallest absolute Gasteiger partial charge is 0.314 e. The predicted molar refractivity (Wildman–Crippen MR) is 53.9 cm³/mol. The van der Waals surface area contributed by atoms with Gasteiger partial charge in [-0.2, -0.15) is 0 Å². The highest BCUT2D eigenvalue weighted by atomic mass is 16.6. The molecule has 2 fully saturated rings. The van der Waals surface area contributed by atoms with E-state index in [0.717, 1.165) is 25.9 Å². The molecule has 3 nitrogen and oxygen atoms in total. The highest BCUT2D eigenvalue weighted by molar-refractivity contribution is 5.81. The number of hydrogen-bond acceptors (Lipinski definition) is 3. The van der Waals surface area contributed by atoms with E-state index < -0.39 is 0 Å². The molecule has 80 valence electrons. The van der Waals surface area contributed by atoms with Crippen molar-refractivity contribution in [1.29, 1.82) is 0 Å². The standard InChI is InChI=1S/C11H19NO2/c1-10(2,3)14-9(13)11-6-8(11)4-5-12-7-11/h8,12H,4-7H2,1-3H3/t8-,11+/m0/s1. The van der Waals surface area contributed by atoms with E-state index in [2.05, 4.69) is 5.32 Å². The summed E-state index contributed by atoms with van der Waals surface area (Å²) in [5, 5.41) is 3.28. The first-order chi connectivity index (χ1) is 6.44. The summed E-state index contributed by atoms with van der Waals surface area (Å²) in [4.78, 5) is 11.9. The van der Waals surface area contributed by atoms with Crippen molar-refractivity contribution in [2.24, 2.45) is 11.3 Å². The Bertz CT molecular complexity index is 257. The number of ether oxygens (including phenoxy) is 1. The van der Waals surface area contributed by atoms with Crippen molar-refractivity contribution < 1.29 is 9.53 Å². The van der Waals surface area contributed by atoms with Gasteiger partial charge in [-0.05, 0) is 46.1 Å². The minimum absolute atomic E-state index is 0.00204. The van der Waals surface area contributed by atoms with Crippen LogP contribution in [0.4, 0.5) is 0 Å². The van der Waals surface area contributed by atoms with Gasteiger partial charge in [0.1, 0.15) is 5.60 Å². The number of carbonyl (C=O) groups is 1. The van der Waals surface area contributed by atoms with Crippen molar-refractivity contribution in [3.05, 3.63) is 0 Å². The Labute approximate surface area is 85.2 Å². The number of fused-ring (bicyclic) bond motifs is 1. The second kappa shape index (κ2) is 2.96. The number of nitrogens with one attached hydrogen (secondary N) is 1. The summed E-state index contributed by atoms with van der Waals surface area (Å²) < 4.78 is 5.44. The molecule has 0 aromatic heterocycles. The van der Waals surface area contributed by atoms with E-state index in [1.165, 1.54) is 0 Å². The summed E-state index contributed by atoms with van der Waals surface area (Å²) in [5.74, 6) is 0.584. The Morgan fingerprint density at radius 1 is 1.50 bits per heavy atom. The third kappa shape index (κ3) is 1.65. The van der Waals surface area contributed by atoms with Crippen LogP contribution in [0, 0.1) is 11.3 Å². The minimum atomic E-state index is -0.351. The van der Waals surface area contributed by atoms with E-state index >= 15 is 0 Å². The second-order valence-electron chi connectivity index (χ2n) is 5.52. The third-order valence-electron chi connectivity index (χ3n) is 3.15. The quantitative estimate of drug-likeness (QED) is 0.644. The van der Waals surface area contributed by atoms with E-state index in [9.17, 15) is 4.79 Å². The summed E-state index contributed by atoms with van der Waals surface area (Å²) >= 11 is 0. The third-order valence-corrected chi connectivity index (χ3v) is 3.15. The van der Waals surface area contributed by atoms with Crippen molar-refractivity contribution in [2.75, 3.05) is 13.1 Å². The first kappa shape index (κ1) is 9.97. The summed E-state index contributed by atoms with van der Waals surface area (Å²) in [7, 11) is 0. The van der Waals surface area contributed by atoms with Gasteiger partial charge in [-0.3, -0.25) is 4.79 Å². The van der Waals surface area contributed by atoms with Gasteiger partial charge < -0.3 is 10.1 Å². The topological polar surface area (TPSA) is 38.3 Å². The van der Waals surface area contributed by atoms with Gasteiger partial charge in [0.05, 0.1) is 5.41 Å².